The third-order valence-corrected chi connectivity index (χ3v) is 5.43. The maximum Gasteiger partial charge on any atom is 0.243 e. The van der Waals surface area contributed by atoms with E-state index in [0.29, 0.717) is 6.54 Å². The molecule has 26 heavy (non-hydrogen) atoms. The van der Waals surface area contributed by atoms with E-state index >= 15 is 0 Å². The number of hydrogen-bond donors (Lipinski definition) is 1. The van der Waals surface area contributed by atoms with Crippen LogP contribution in [0.25, 0.3) is 11.3 Å². The van der Waals surface area contributed by atoms with Crippen LogP contribution in [-0.4, -0.2) is 24.0 Å². The summed E-state index contributed by atoms with van der Waals surface area (Å²) in [6.07, 6.45) is 0.962. The number of aryl methyl sites for hydroxylation is 2. The fraction of sp³-hybridized carbons (Fsp3) is 0.238. The van der Waals surface area contributed by atoms with E-state index in [0.717, 1.165) is 40.6 Å². The van der Waals surface area contributed by atoms with Gasteiger partial charge in [0.1, 0.15) is 0 Å². The van der Waals surface area contributed by atoms with Crippen molar-refractivity contribution in [1.82, 2.24) is 4.98 Å². The number of benzene rings is 2. The van der Waals surface area contributed by atoms with Crippen LogP contribution in [0.2, 0.25) is 0 Å². The van der Waals surface area contributed by atoms with Crippen LogP contribution in [0.3, 0.4) is 0 Å². The third-order valence-electron chi connectivity index (χ3n) is 4.66. The van der Waals surface area contributed by atoms with Gasteiger partial charge in [-0.3, -0.25) is 4.79 Å². The first-order valence-electron chi connectivity index (χ1n) is 8.75. The summed E-state index contributed by atoms with van der Waals surface area (Å²) in [5, 5.41) is 6.15. The van der Waals surface area contributed by atoms with Gasteiger partial charge in [0.05, 0.1) is 17.2 Å². The summed E-state index contributed by atoms with van der Waals surface area (Å²) in [6, 6.07) is 14.3. The fourth-order valence-electron chi connectivity index (χ4n) is 3.30. The number of carbonyl (C=O) groups is 1. The van der Waals surface area contributed by atoms with Crippen LogP contribution in [0.5, 0.6) is 0 Å². The molecule has 5 heteroatoms. The summed E-state index contributed by atoms with van der Waals surface area (Å²) in [4.78, 5) is 19.1. The van der Waals surface area contributed by atoms with Crippen LogP contribution in [0, 0.1) is 13.8 Å². The van der Waals surface area contributed by atoms with E-state index in [9.17, 15) is 4.79 Å². The number of rotatable bonds is 4. The average Bonchev–Trinajstić information content (AvgIpc) is 3.23. The van der Waals surface area contributed by atoms with Crippen molar-refractivity contribution in [2.24, 2.45) is 0 Å². The summed E-state index contributed by atoms with van der Waals surface area (Å²) in [6.45, 7) is 5.30. The van der Waals surface area contributed by atoms with E-state index in [1.165, 1.54) is 11.1 Å². The molecule has 0 saturated heterocycles. The van der Waals surface area contributed by atoms with Crippen molar-refractivity contribution < 1.29 is 4.79 Å². The van der Waals surface area contributed by atoms with Gasteiger partial charge >= 0.3 is 0 Å². The third kappa shape index (κ3) is 3.48. The smallest absolute Gasteiger partial charge is 0.243 e. The number of thiazole rings is 1. The molecule has 2 aromatic carbocycles. The molecule has 1 amide bonds. The van der Waals surface area contributed by atoms with Gasteiger partial charge < -0.3 is 10.2 Å². The molecule has 3 aromatic rings. The first kappa shape index (κ1) is 16.8. The maximum atomic E-state index is 12.4. The molecule has 1 aliphatic heterocycles. The lowest BCUT2D eigenvalue weighted by Gasteiger charge is -2.19. The number of fused-ring (bicyclic) bond motifs is 1. The Kier molecular flexibility index (Phi) is 4.47. The Morgan fingerprint density at radius 3 is 2.73 bits per heavy atom. The molecule has 0 spiro atoms. The normalized spacial score (nSPS) is 12.9. The number of nitrogens with zero attached hydrogens (tertiary/aromatic N) is 2. The van der Waals surface area contributed by atoms with Crippen molar-refractivity contribution in [2.75, 3.05) is 23.3 Å². The van der Waals surface area contributed by atoms with Crippen molar-refractivity contribution in [3.05, 3.63) is 64.0 Å². The molecular weight excluding hydrogens is 342 g/mol. The molecule has 4 rings (SSSR count). The zero-order valence-corrected chi connectivity index (χ0v) is 15.8. The van der Waals surface area contributed by atoms with Crippen LogP contribution in [0.15, 0.2) is 47.8 Å². The van der Waals surface area contributed by atoms with E-state index in [4.69, 9.17) is 0 Å². The number of hydrogen-bond acceptors (Lipinski definition) is 4. The van der Waals surface area contributed by atoms with Gasteiger partial charge in [0.25, 0.3) is 0 Å². The van der Waals surface area contributed by atoms with E-state index in [1.54, 1.807) is 11.3 Å². The largest absolute Gasteiger partial charge is 0.362 e. The Morgan fingerprint density at radius 1 is 1.19 bits per heavy atom. The molecule has 0 fully saturated rings. The van der Waals surface area contributed by atoms with Crippen molar-refractivity contribution in [3.8, 4) is 11.3 Å². The monoisotopic (exact) mass is 363 g/mol. The van der Waals surface area contributed by atoms with E-state index < -0.39 is 0 Å². The number of carbonyl (C=O) groups excluding carboxylic acids is 1. The zero-order valence-electron chi connectivity index (χ0n) is 15.0. The lowest BCUT2D eigenvalue weighted by Crippen LogP contribution is -2.31. The minimum Gasteiger partial charge on any atom is -0.362 e. The second-order valence-electron chi connectivity index (χ2n) is 6.68. The highest BCUT2D eigenvalue weighted by Gasteiger charge is 2.22. The molecule has 2 heterocycles. The van der Waals surface area contributed by atoms with Crippen molar-refractivity contribution in [2.45, 2.75) is 20.3 Å². The Morgan fingerprint density at radius 2 is 2.00 bits per heavy atom. The molecule has 0 unspecified atom stereocenters. The second-order valence-corrected chi connectivity index (χ2v) is 7.74. The first-order valence-corrected chi connectivity index (χ1v) is 9.63. The van der Waals surface area contributed by atoms with Gasteiger partial charge in [-0.2, -0.15) is 0 Å². The number of aromatic nitrogens is 1. The first-order chi connectivity index (χ1) is 12.6. The molecule has 0 saturated carbocycles. The van der Waals surface area contributed by atoms with Gasteiger partial charge in [-0.1, -0.05) is 23.8 Å². The predicted molar refractivity (Wildman–Crippen MR) is 108 cm³/mol. The van der Waals surface area contributed by atoms with E-state index in [1.807, 2.05) is 38.1 Å². The van der Waals surface area contributed by atoms with Crippen LogP contribution in [0.1, 0.15) is 16.1 Å². The lowest BCUT2D eigenvalue weighted by atomic mass is 10.1. The Bertz CT molecular complexity index is 946. The van der Waals surface area contributed by atoms with E-state index in [2.05, 4.69) is 38.8 Å². The van der Waals surface area contributed by atoms with Crippen LogP contribution < -0.4 is 10.2 Å². The number of amides is 1. The van der Waals surface area contributed by atoms with Gasteiger partial charge in [-0.05, 0) is 50.1 Å². The molecule has 1 aliphatic rings. The summed E-state index contributed by atoms with van der Waals surface area (Å²) in [5.74, 6) is 0.0147. The Hall–Kier alpha value is -2.66. The van der Waals surface area contributed by atoms with E-state index in [-0.39, 0.29) is 5.91 Å². The van der Waals surface area contributed by atoms with Crippen molar-refractivity contribution >= 4 is 28.6 Å². The average molecular weight is 363 g/mol. The minimum atomic E-state index is 0.0147. The molecule has 132 valence electrons. The highest BCUT2D eigenvalue weighted by atomic mass is 32.1. The maximum absolute atomic E-state index is 12.4. The molecule has 1 N–H and O–H groups in total. The summed E-state index contributed by atoms with van der Waals surface area (Å²) < 4.78 is 0. The van der Waals surface area contributed by atoms with Gasteiger partial charge in [0, 0.05) is 28.9 Å². The number of nitrogens with one attached hydrogen (secondary N) is 1. The van der Waals surface area contributed by atoms with Crippen molar-refractivity contribution in [1.29, 1.82) is 0 Å². The highest BCUT2D eigenvalue weighted by Crippen LogP contribution is 2.32. The quantitative estimate of drug-likeness (QED) is 0.746. The van der Waals surface area contributed by atoms with Crippen LogP contribution in [0.4, 0.5) is 11.4 Å². The number of anilines is 2. The topological polar surface area (TPSA) is 45.2 Å². The summed E-state index contributed by atoms with van der Waals surface area (Å²) >= 11 is 1.67. The fourth-order valence-corrected chi connectivity index (χ4v) is 3.92. The molecule has 0 radical (unpaired) electrons. The molecule has 0 aliphatic carbocycles. The highest BCUT2D eigenvalue weighted by molar-refractivity contribution is 7.09. The Labute approximate surface area is 157 Å². The van der Waals surface area contributed by atoms with Crippen LogP contribution >= 0.6 is 11.3 Å². The molecular formula is C21H21N3OS. The lowest BCUT2D eigenvalue weighted by molar-refractivity contribution is -0.115. The molecule has 1 aromatic heterocycles. The van der Waals surface area contributed by atoms with Gasteiger partial charge in [-0.15, -0.1) is 11.3 Å². The SMILES string of the molecule is Cc1ccc(NC(=O)CN2CCc3cc(-c4csc(C)n4)ccc32)cc1. The predicted octanol–water partition coefficient (Wildman–Crippen LogP) is 4.43. The Balaban J connectivity index is 1.46. The summed E-state index contributed by atoms with van der Waals surface area (Å²) in [7, 11) is 0. The minimum absolute atomic E-state index is 0.0147. The van der Waals surface area contributed by atoms with Gasteiger partial charge in [-0.25, -0.2) is 4.98 Å². The standard InChI is InChI=1S/C21H21N3OS/c1-14-3-6-18(7-4-14)23-21(25)12-24-10-9-17-11-16(5-8-20(17)24)19-13-26-15(2)22-19/h3-8,11,13H,9-10,12H2,1-2H3,(H,23,25). The van der Waals surface area contributed by atoms with Gasteiger partial charge in [0.2, 0.25) is 5.91 Å². The molecule has 0 atom stereocenters. The second kappa shape index (κ2) is 6.92. The molecule has 4 nitrogen and oxygen atoms in total. The zero-order chi connectivity index (χ0) is 18.1. The summed E-state index contributed by atoms with van der Waals surface area (Å²) in [5.41, 5.74) is 6.65. The molecule has 0 bridgehead atoms. The van der Waals surface area contributed by atoms with Crippen LogP contribution in [-0.2, 0) is 11.2 Å². The van der Waals surface area contributed by atoms with Crippen molar-refractivity contribution in [3.63, 3.8) is 0 Å². The van der Waals surface area contributed by atoms with Gasteiger partial charge in [0.15, 0.2) is 0 Å².